The van der Waals surface area contributed by atoms with Gasteiger partial charge in [0, 0.05) is 21.5 Å². The normalized spacial score (nSPS) is 22.0. The van der Waals surface area contributed by atoms with E-state index in [9.17, 15) is 10.2 Å². The van der Waals surface area contributed by atoms with Crippen LogP contribution in [0.25, 0.3) is 5.57 Å². The molecule has 0 radical (unpaired) electrons. The summed E-state index contributed by atoms with van der Waals surface area (Å²) in [4.78, 5) is 0. The number of benzene rings is 1. The fraction of sp³-hybridized carbons (Fsp3) is 0.375. The molecule has 114 valence electrons. The zero-order valence-electron chi connectivity index (χ0n) is 12.3. The summed E-state index contributed by atoms with van der Waals surface area (Å²) in [6, 6.07) is 3.91. The van der Waals surface area contributed by atoms with Gasteiger partial charge in [-0.3, -0.25) is 0 Å². The molecule has 0 saturated carbocycles. The molecule has 0 saturated heterocycles. The average molecular weight is 481 g/mol. The molecule has 0 bridgehead atoms. The lowest BCUT2D eigenvalue weighted by molar-refractivity contribution is 0.335. The third-order valence-electron chi connectivity index (χ3n) is 4.00. The molecule has 0 fully saturated rings. The predicted molar refractivity (Wildman–Crippen MR) is 98.5 cm³/mol. The number of alkyl halides is 2. The maximum absolute atomic E-state index is 10.3. The Bertz CT molecular complexity index is 649. The first kappa shape index (κ1) is 17.1. The van der Waals surface area contributed by atoms with Crippen LogP contribution in [-0.4, -0.2) is 13.4 Å². The number of rotatable bonds is 1. The number of aliphatic hydroxyl groups is 1. The largest absolute Gasteiger partial charge is 0.512 e. The molecular weight excluding hydrogens is 464 g/mol. The van der Waals surface area contributed by atoms with E-state index in [1.54, 1.807) is 0 Å². The summed E-state index contributed by atoms with van der Waals surface area (Å²) in [5, 5.41) is 20.3. The smallest absolute Gasteiger partial charge is 0.121 e. The van der Waals surface area contributed by atoms with Gasteiger partial charge < -0.3 is 10.2 Å². The summed E-state index contributed by atoms with van der Waals surface area (Å²) in [6.45, 7) is 7.63. The Morgan fingerprint density at radius 2 is 1.52 bits per heavy atom. The van der Waals surface area contributed by atoms with Crippen LogP contribution in [0.5, 0.6) is 5.75 Å². The van der Waals surface area contributed by atoms with E-state index in [0.29, 0.717) is 11.5 Å². The van der Waals surface area contributed by atoms with E-state index in [2.05, 4.69) is 47.8 Å². The Hall–Kier alpha value is -0.260. The quantitative estimate of drug-likeness (QED) is 0.478. The number of aromatic hydroxyl groups is 1. The maximum Gasteiger partial charge on any atom is 0.121 e. The minimum atomic E-state index is -0.571. The zero-order chi connectivity index (χ0) is 16.1. The number of phenols is 1. The summed E-state index contributed by atoms with van der Waals surface area (Å²) in [5.41, 5.74) is 4.50. The standard InChI is InChI=1S/C16H17Br3O2/c1-7-5-11(6-8(2)14(7)20)12-13(17)9(3)15(21)10(4)16(12,18)19/h5-6,10,20-21H,1-4H3. The fourth-order valence-corrected chi connectivity index (χ4v) is 5.14. The molecule has 1 atom stereocenters. The van der Waals surface area contributed by atoms with E-state index >= 15 is 0 Å². The highest BCUT2D eigenvalue weighted by Crippen LogP contribution is 2.55. The zero-order valence-corrected chi connectivity index (χ0v) is 17.0. The Morgan fingerprint density at radius 3 is 2.00 bits per heavy atom. The van der Waals surface area contributed by atoms with E-state index in [1.165, 1.54) is 0 Å². The van der Waals surface area contributed by atoms with Crippen molar-refractivity contribution in [1.82, 2.24) is 0 Å². The summed E-state index contributed by atoms with van der Waals surface area (Å²) >= 11 is 11.0. The Kier molecular flexibility index (Phi) is 4.68. The predicted octanol–water partition coefficient (Wildman–Crippen LogP) is 6.08. The number of aryl methyl sites for hydroxylation is 2. The highest BCUT2D eigenvalue weighted by molar-refractivity contribution is 9.25. The van der Waals surface area contributed by atoms with E-state index in [1.807, 2.05) is 39.8 Å². The molecule has 5 heteroatoms. The Labute approximate surface area is 150 Å². The highest BCUT2D eigenvalue weighted by Gasteiger charge is 2.43. The summed E-state index contributed by atoms with van der Waals surface area (Å²) in [7, 11) is 0. The number of halogens is 3. The van der Waals surface area contributed by atoms with Crippen LogP contribution in [0.2, 0.25) is 0 Å². The minimum absolute atomic E-state index is 0.122. The van der Waals surface area contributed by atoms with Crippen molar-refractivity contribution in [2.45, 2.75) is 30.9 Å². The van der Waals surface area contributed by atoms with Gasteiger partial charge in [0.1, 0.15) is 14.7 Å². The van der Waals surface area contributed by atoms with E-state index < -0.39 is 3.23 Å². The van der Waals surface area contributed by atoms with Gasteiger partial charge in [0.05, 0.1) is 0 Å². The average Bonchev–Trinajstić information content (AvgIpc) is 2.40. The van der Waals surface area contributed by atoms with Gasteiger partial charge >= 0.3 is 0 Å². The topological polar surface area (TPSA) is 40.5 Å². The van der Waals surface area contributed by atoms with Crippen molar-refractivity contribution >= 4 is 53.4 Å². The molecule has 1 unspecified atom stereocenters. The lowest BCUT2D eigenvalue weighted by Crippen LogP contribution is -2.30. The van der Waals surface area contributed by atoms with Crippen molar-refractivity contribution in [3.63, 3.8) is 0 Å². The lowest BCUT2D eigenvalue weighted by Gasteiger charge is -2.36. The van der Waals surface area contributed by atoms with Crippen LogP contribution >= 0.6 is 47.8 Å². The number of hydrogen-bond donors (Lipinski definition) is 2. The fourth-order valence-electron chi connectivity index (χ4n) is 2.58. The summed E-state index contributed by atoms with van der Waals surface area (Å²) in [6.07, 6.45) is 0. The van der Waals surface area contributed by atoms with Crippen LogP contribution in [-0.2, 0) is 0 Å². The second-order valence-corrected chi connectivity index (χ2v) is 9.86. The van der Waals surface area contributed by atoms with Crippen LogP contribution in [0.1, 0.15) is 30.5 Å². The number of allylic oxidation sites excluding steroid dienone is 4. The van der Waals surface area contributed by atoms with Crippen molar-refractivity contribution in [3.8, 4) is 5.75 Å². The van der Waals surface area contributed by atoms with E-state index in [-0.39, 0.29) is 5.92 Å². The van der Waals surface area contributed by atoms with Crippen LogP contribution < -0.4 is 0 Å². The Morgan fingerprint density at radius 1 is 1.05 bits per heavy atom. The van der Waals surface area contributed by atoms with Gasteiger partial charge in [-0.2, -0.15) is 0 Å². The molecule has 1 aromatic rings. The first-order chi connectivity index (χ1) is 9.59. The van der Waals surface area contributed by atoms with Gasteiger partial charge in [0.25, 0.3) is 0 Å². The van der Waals surface area contributed by atoms with Gasteiger partial charge in [0.2, 0.25) is 0 Å². The molecular formula is C16H17Br3O2. The second kappa shape index (κ2) is 5.74. The van der Waals surface area contributed by atoms with Crippen molar-refractivity contribution in [3.05, 3.63) is 44.6 Å². The number of phenolic OH excluding ortho intramolecular Hbond substituents is 1. The van der Waals surface area contributed by atoms with Gasteiger partial charge in [-0.05, 0) is 49.6 Å². The highest BCUT2D eigenvalue weighted by atomic mass is 79.9. The van der Waals surface area contributed by atoms with Gasteiger partial charge in [0.15, 0.2) is 0 Å². The summed E-state index contributed by atoms with van der Waals surface area (Å²) < 4.78 is 0.287. The Balaban J connectivity index is 2.77. The monoisotopic (exact) mass is 478 g/mol. The van der Waals surface area contributed by atoms with Gasteiger partial charge in [-0.15, -0.1) is 0 Å². The molecule has 0 aliphatic heterocycles. The number of hydrogen-bond acceptors (Lipinski definition) is 2. The molecule has 0 amide bonds. The molecule has 0 heterocycles. The van der Waals surface area contributed by atoms with Crippen molar-refractivity contribution in [1.29, 1.82) is 0 Å². The van der Waals surface area contributed by atoms with Gasteiger partial charge in [-0.25, -0.2) is 0 Å². The van der Waals surface area contributed by atoms with Crippen molar-refractivity contribution in [2.75, 3.05) is 0 Å². The van der Waals surface area contributed by atoms with Crippen LogP contribution in [0.3, 0.4) is 0 Å². The van der Waals surface area contributed by atoms with Crippen LogP contribution in [0, 0.1) is 19.8 Å². The molecule has 2 rings (SSSR count). The van der Waals surface area contributed by atoms with E-state index in [4.69, 9.17) is 0 Å². The molecule has 2 N–H and O–H groups in total. The van der Waals surface area contributed by atoms with Crippen molar-refractivity contribution < 1.29 is 10.2 Å². The molecule has 2 nitrogen and oxygen atoms in total. The molecule has 1 aromatic carbocycles. The van der Waals surface area contributed by atoms with E-state index in [0.717, 1.165) is 32.3 Å². The molecule has 1 aliphatic carbocycles. The first-order valence-corrected chi connectivity index (χ1v) is 8.95. The van der Waals surface area contributed by atoms with Crippen LogP contribution in [0.4, 0.5) is 0 Å². The van der Waals surface area contributed by atoms with Gasteiger partial charge in [-0.1, -0.05) is 54.7 Å². The summed E-state index contributed by atoms with van der Waals surface area (Å²) in [5.74, 6) is 0.555. The molecule has 0 spiro atoms. The third kappa shape index (κ3) is 2.73. The first-order valence-electron chi connectivity index (χ1n) is 6.57. The molecule has 21 heavy (non-hydrogen) atoms. The minimum Gasteiger partial charge on any atom is -0.512 e. The number of aliphatic hydroxyl groups excluding tert-OH is 1. The third-order valence-corrected chi connectivity index (χ3v) is 7.16. The molecule has 0 aromatic heterocycles. The molecule has 1 aliphatic rings. The SMILES string of the molecule is CC1=C(O)C(C)C(Br)(Br)C(c2cc(C)c(O)c(C)c2)=C1Br. The van der Waals surface area contributed by atoms with Crippen LogP contribution in [0.15, 0.2) is 27.9 Å². The maximum atomic E-state index is 10.3. The second-order valence-electron chi connectivity index (χ2n) is 5.50. The lowest BCUT2D eigenvalue weighted by atomic mass is 9.85. The van der Waals surface area contributed by atoms with Crippen molar-refractivity contribution in [2.24, 2.45) is 5.92 Å².